The van der Waals surface area contributed by atoms with E-state index in [2.05, 4.69) is 57.0 Å². The molecule has 3 heterocycles. The Balaban J connectivity index is 1.27. The highest BCUT2D eigenvalue weighted by Crippen LogP contribution is 2.29. The summed E-state index contributed by atoms with van der Waals surface area (Å²) in [6, 6.07) is 21.1. The molecule has 5 N–H and O–H groups in total. The van der Waals surface area contributed by atoms with Gasteiger partial charge in [-0.1, -0.05) is 36.8 Å². The molecule has 6 rings (SSSR count). The lowest BCUT2D eigenvalue weighted by atomic mass is 9.97. The molecule has 1 unspecified atom stereocenters. The lowest BCUT2D eigenvalue weighted by Crippen LogP contribution is -2.28. The van der Waals surface area contributed by atoms with E-state index in [1.54, 1.807) is 12.3 Å². The Bertz CT molecular complexity index is 1560. The molecule has 6 nitrogen and oxygen atoms in total. The van der Waals surface area contributed by atoms with Crippen molar-refractivity contribution < 1.29 is 0 Å². The zero-order valence-electron chi connectivity index (χ0n) is 21.0. The third-order valence-corrected chi connectivity index (χ3v) is 7.62. The second-order valence-corrected chi connectivity index (χ2v) is 10.2. The molecule has 3 aromatic carbocycles. The van der Waals surface area contributed by atoms with Crippen molar-refractivity contribution in [2.75, 3.05) is 13.1 Å². The Morgan fingerprint density at radius 3 is 2.51 bits per heavy atom. The number of nitrogens with one attached hydrogen (secondary N) is 3. The van der Waals surface area contributed by atoms with Crippen LogP contribution in [0.15, 0.2) is 76.7 Å². The average Bonchev–Trinajstić information content (AvgIpc) is 3.46. The van der Waals surface area contributed by atoms with E-state index in [1.807, 2.05) is 24.4 Å². The van der Waals surface area contributed by atoms with Crippen LogP contribution in [0.5, 0.6) is 0 Å². The van der Waals surface area contributed by atoms with Gasteiger partial charge in [0.15, 0.2) is 5.43 Å². The van der Waals surface area contributed by atoms with Gasteiger partial charge in [0.05, 0.1) is 17.4 Å². The number of rotatable bonds is 5. The number of H-pyrrole nitrogens is 1. The van der Waals surface area contributed by atoms with Crippen molar-refractivity contribution in [3.8, 4) is 11.1 Å². The molecule has 1 aromatic heterocycles. The van der Waals surface area contributed by atoms with Crippen LogP contribution in [0.3, 0.4) is 0 Å². The highest BCUT2D eigenvalue weighted by atomic mass is 16.1. The van der Waals surface area contributed by atoms with E-state index in [9.17, 15) is 4.79 Å². The predicted octanol–water partition coefficient (Wildman–Crippen LogP) is 5.24. The monoisotopic (exact) mass is 491 g/mol. The summed E-state index contributed by atoms with van der Waals surface area (Å²) in [5.74, 6) is 0. The normalized spacial score (nSPS) is 20.8. The van der Waals surface area contributed by atoms with E-state index in [0.29, 0.717) is 11.7 Å². The number of hydrogen-bond acceptors (Lipinski definition) is 5. The molecule has 2 aliphatic rings. The van der Waals surface area contributed by atoms with Gasteiger partial charge in [0.2, 0.25) is 0 Å². The van der Waals surface area contributed by atoms with E-state index in [4.69, 9.17) is 5.73 Å². The summed E-state index contributed by atoms with van der Waals surface area (Å²) in [5, 5.41) is 9.93. The number of benzene rings is 3. The number of aromatic nitrogens is 1. The van der Waals surface area contributed by atoms with Gasteiger partial charge in [0, 0.05) is 35.4 Å². The zero-order valence-corrected chi connectivity index (χ0v) is 21.0. The molecule has 188 valence electrons. The first-order chi connectivity index (χ1) is 18.1. The number of aromatic amines is 1. The van der Waals surface area contributed by atoms with Crippen LogP contribution in [0.4, 0.5) is 0 Å². The first kappa shape index (κ1) is 23.6. The van der Waals surface area contributed by atoms with Crippen molar-refractivity contribution in [2.45, 2.75) is 44.2 Å². The van der Waals surface area contributed by atoms with Crippen molar-refractivity contribution in [2.24, 2.45) is 10.7 Å². The number of pyridine rings is 1. The molecule has 0 spiro atoms. The van der Waals surface area contributed by atoms with Crippen LogP contribution < -0.4 is 21.8 Å². The van der Waals surface area contributed by atoms with Crippen LogP contribution in [-0.4, -0.2) is 30.3 Å². The van der Waals surface area contributed by atoms with Crippen molar-refractivity contribution in [1.82, 2.24) is 15.6 Å². The Morgan fingerprint density at radius 1 is 0.865 bits per heavy atom. The summed E-state index contributed by atoms with van der Waals surface area (Å²) in [4.78, 5) is 20.8. The number of fused-ring (bicyclic) bond motifs is 2. The zero-order chi connectivity index (χ0) is 25.2. The highest BCUT2D eigenvalue weighted by Gasteiger charge is 2.17. The Hall–Kier alpha value is -3.74. The third kappa shape index (κ3) is 5.08. The van der Waals surface area contributed by atoms with Gasteiger partial charge in [-0.25, -0.2) is 0 Å². The average molecular weight is 492 g/mol. The lowest BCUT2D eigenvalue weighted by Gasteiger charge is -2.23. The molecule has 2 fully saturated rings. The number of nitrogens with zero attached hydrogens (tertiary/aromatic N) is 1. The molecule has 2 atom stereocenters. The SMILES string of the molecule is N/C(=C\N=C[C@@H]1CCCN1)c1ccc2cc(-c3ccc4c(=O)cc(C5CCCCN5)[nH]c4c3)ccc2c1. The molecular weight excluding hydrogens is 458 g/mol. The first-order valence-electron chi connectivity index (χ1n) is 13.3. The summed E-state index contributed by atoms with van der Waals surface area (Å²) in [6.45, 7) is 2.05. The summed E-state index contributed by atoms with van der Waals surface area (Å²) in [6.07, 6.45) is 9.43. The molecule has 0 amide bonds. The fraction of sp³-hybridized carbons (Fsp3) is 0.290. The van der Waals surface area contributed by atoms with Gasteiger partial charge in [-0.3, -0.25) is 9.79 Å². The lowest BCUT2D eigenvalue weighted by molar-refractivity contribution is 0.406. The van der Waals surface area contributed by atoms with Gasteiger partial charge in [-0.2, -0.15) is 0 Å². The minimum atomic E-state index is 0.0724. The second kappa shape index (κ2) is 10.3. The van der Waals surface area contributed by atoms with Crippen LogP contribution in [0.1, 0.15) is 49.4 Å². The maximum atomic E-state index is 12.8. The van der Waals surface area contributed by atoms with Gasteiger partial charge in [-0.15, -0.1) is 0 Å². The maximum absolute atomic E-state index is 12.8. The van der Waals surface area contributed by atoms with Crippen LogP contribution in [0, 0.1) is 0 Å². The van der Waals surface area contributed by atoms with Gasteiger partial charge >= 0.3 is 0 Å². The molecule has 0 aliphatic carbocycles. The van der Waals surface area contributed by atoms with Crippen LogP contribution in [0.25, 0.3) is 38.5 Å². The van der Waals surface area contributed by atoms with Crippen molar-refractivity contribution in [1.29, 1.82) is 0 Å². The highest BCUT2D eigenvalue weighted by molar-refractivity contribution is 5.91. The minimum Gasteiger partial charge on any atom is -0.397 e. The summed E-state index contributed by atoms with van der Waals surface area (Å²) >= 11 is 0. The fourth-order valence-corrected chi connectivity index (χ4v) is 5.50. The number of hydrogen-bond donors (Lipinski definition) is 4. The first-order valence-corrected chi connectivity index (χ1v) is 13.3. The maximum Gasteiger partial charge on any atom is 0.189 e. The van der Waals surface area contributed by atoms with Crippen LogP contribution >= 0.6 is 0 Å². The summed E-state index contributed by atoms with van der Waals surface area (Å²) in [5.41, 5.74) is 12.1. The largest absolute Gasteiger partial charge is 0.397 e. The molecule has 2 aliphatic heterocycles. The molecule has 2 saturated heterocycles. The molecule has 4 aromatic rings. The van der Waals surface area contributed by atoms with E-state index in [0.717, 1.165) is 70.0 Å². The summed E-state index contributed by atoms with van der Waals surface area (Å²) < 4.78 is 0. The van der Waals surface area contributed by atoms with Crippen molar-refractivity contribution in [3.63, 3.8) is 0 Å². The van der Waals surface area contributed by atoms with Crippen LogP contribution in [0.2, 0.25) is 0 Å². The number of piperidine rings is 1. The standard InChI is InChI=1S/C31H33N5O/c32-27(19-33-18-25-4-3-13-34-25)24-9-8-20-14-21(6-7-22(20)15-24)23-10-11-26-29(16-23)36-30(17-31(26)37)28-5-1-2-12-35-28/h6-11,14-19,25,28,34-35H,1-5,12-13,32H2,(H,36,37)/b27-19-,33-18?/t25-,28?/m0/s1. The predicted molar refractivity (Wildman–Crippen MR) is 154 cm³/mol. The quantitative estimate of drug-likeness (QED) is 0.287. The van der Waals surface area contributed by atoms with Crippen LogP contribution in [-0.2, 0) is 0 Å². The second-order valence-electron chi connectivity index (χ2n) is 10.2. The number of aliphatic imine (C=N–C) groups is 1. The van der Waals surface area contributed by atoms with Gasteiger partial charge in [-0.05, 0) is 90.5 Å². The van der Waals surface area contributed by atoms with E-state index in [-0.39, 0.29) is 11.5 Å². The molecule has 0 saturated carbocycles. The van der Waals surface area contributed by atoms with Gasteiger partial charge in [0.25, 0.3) is 0 Å². The molecule has 0 radical (unpaired) electrons. The minimum absolute atomic E-state index is 0.0724. The number of nitrogens with two attached hydrogens (primary N) is 1. The van der Waals surface area contributed by atoms with Gasteiger partial charge < -0.3 is 21.4 Å². The Labute approximate surface area is 216 Å². The Morgan fingerprint density at radius 2 is 1.68 bits per heavy atom. The topological polar surface area (TPSA) is 95.3 Å². The fourth-order valence-electron chi connectivity index (χ4n) is 5.50. The third-order valence-electron chi connectivity index (χ3n) is 7.62. The Kier molecular flexibility index (Phi) is 6.60. The molecule has 0 bridgehead atoms. The van der Waals surface area contributed by atoms with Crippen molar-refractivity contribution in [3.05, 3.63) is 88.3 Å². The molecule has 37 heavy (non-hydrogen) atoms. The van der Waals surface area contributed by atoms with Gasteiger partial charge in [0.1, 0.15) is 0 Å². The summed E-state index contributed by atoms with van der Waals surface area (Å²) in [7, 11) is 0. The smallest absolute Gasteiger partial charge is 0.189 e. The van der Waals surface area contributed by atoms with Crippen molar-refractivity contribution >= 4 is 33.6 Å². The molecular formula is C31H33N5O. The van der Waals surface area contributed by atoms with E-state index >= 15 is 0 Å². The molecule has 6 heteroatoms. The van der Waals surface area contributed by atoms with E-state index in [1.165, 1.54) is 19.3 Å². The van der Waals surface area contributed by atoms with E-state index < -0.39 is 0 Å².